The zero-order valence-corrected chi connectivity index (χ0v) is 18.0. The predicted octanol–water partition coefficient (Wildman–Crippen LogP) is 4.32. The Morgan fingerprint density at radius 3 is 2.63 bits per heavy atom. The molecule has 158 valence electrons. The first kappa shape index (κ1) is 20.8. The van der Waals surface area contributed by atoms with Crippen LogP contribution in [-0.2, 0) is 0 Å². The summed E-state index contributed by atoms with van der Waals surface area (Å²) in [6.45, 7) is 5.70. The van der Waals surface area contributed by atoms with Crippen LogP contribution in [0.1, 0.15) is 53.3 Å². The standard InChI is InChI=1S/C23H27ClN4O2/c1-17-5-6-20-19(15-17)23(29)28(21(24)16-30-20)12-3-2-11-27-13-7-18(8-14-27)22-25-9-4-10-26-22/h4-6,9-10,15-16,18H,2-3,7-8,11-14H2,1H3. The average molecular weight is 427 g/mol. The van der Waals surface area contributed by atoms with Crippen molar-refractivity contribution >= 4 is 17.5 Å². The van der Waals surface area contributed by atoms with E-state index in [0.29, 0.717) is 28.9 Å². The fraction of sp³-hybridized carbons (Fsp3) is 0.435. The Hall–Kier alpha value is -2.44. The van der Waals surface area contributed by atoms with E-state index < -0.39 is 0 Å². The minimum atomic E-state index is -0.101. The molecule has 1 fully saturated rings. The van der Waals surface area contributed by atoms with Crippen LogP contribution in [0.15, 0.2) is 48.1 Å². The molecule has 0 atom stereocenters. The first-order valence-electron chi connectivity index (χ1n) is 10.6. The fourth-order valence-corrected chi connectivity index (χ4v) is 4.29. The number of benzene rings is 1. The van der Waals surface area contributed by atoms with Crippen molar-refractivity contribution in [2.45, 2.75) is 38.5 Å². The number of nitrogens with zero attached hydrogens (tertiary/aromatic N) is 4. The number of rotatable bonds is 6. The van der Waals surface area contributed by atoms with E-state index in [4.69, 9.17) is 16.3 Å². The van der Waals surface area contributed by atoms with Gasteiger partial charge in [0.2, 0.25) is 0 Å². The maximum absolute atomic E-state index is 13.0. The molecule has 0 saturated carbocycles. The van der Waals surface area contributed by atoms with Gasteiger partial charge in [-0.05, 0) is 70.4 Å². The van der Waals surface area contributed by atoms with E-state index in [-0.39, 0.29) is 5.91 Å². The Labute approximate surface area is 182 Å². The minimum absolute atomic E-state index is 0.101. The van der Waals surface area contributed by atoms with Gasteiger partial charge in [0, 0.05) is 24.9 Å². The quantitative estimate of drug-likeness (QED) is 0.508. The van der Waals surface area contributed by atoms with E-state index in [1.807, 2.05) is 43.6 Å². The van der Waals surface area contributed by atoms with Crippen LogP contribution in [0.4, 0.5) is 0 Å². The van der Waals surface area contributed by atoms with Crippen molar-refractivity contribution in [2.24, 2.45) is 0 Å². The van der Waals surface area contributed by atoms with Gasteiger partial charge < -0.3 is 9.64 Å². The highest BCUT2D eigenvalue weighted by atomic mass is 35.5. The second-order valence-corrected chi connectivity index (χ2v) is 8.33. The number of aryl methyl sites for hydroxylation is 1. The van der Waals surface area contributed by atoms with Crippen LogP contribution in [0.2, 0.25) is 0 Å². The predicted molar refractivity (Wildman–Crippen MR) is 116 cm³/mol. The number of likely N-dealkylation sites (tertiary alicyclic amines) is 1. The molecule has 1 amide bonds. The van der Waals surface area contributed by atoms with Crippen LogP contribution in [0.25, 0.3) is 0 Å². The summed E-state index contributed by atoms with van der Waals surface area (Å²) in [4.78, 5) is 25.9. The summed E-state index contributed by atoms with van der Waals surface area (Å²) in [7, 11) is 0. The highest BCUT2D eigenvalue weighted by molar-refractivity contribution is 6.30. The molecule has 3 heterocycles. The van der Waals surface area contributed by atoms with Crippen molar-refractivity contribution in [1.29, 1.82) is 0 Å². The molecule has 0 unspecified atom stereocenters. The van der Waals surface area contributed by atoms with Gasteiger partial charge in [0.05, 0.1) is 5.56 Å². The molecule has 1 saturated heterocycles. The Bertz CT molecular complexity index is 911. The van der Waals surface area contributed by atoms with Crippen molar-refractivity contribution in [3.8, 4) is 5.75 Å². The number of amides is 1. The van der Waals surface area contributed by atoms with Gasteiger partial charge in [-0.1, -0.05) is 23.2 Å². The van der Waals surface area contributed by atoms with E-state index in [1.54, 1.807) is 4.90 Å². The topological polar surface area (TPSA) is 58.6 Å². The lowest BCUT2D eigenvalue weighted by Crippen LogP contribution is -2.35. The van der Waals surface area contributed by atoms with Gasteiger partial charge in [-0.25, -0.2) is 9.97 Å². The Morgan fingerprint density at radius 1 is 1.13 bits per heavy atom. The van der Waals surface area contributed by atoms with Crippen LogP contribution >= 0.6 is 11.6 Å². The molecule has 4 rings (SSSR count). The van der Waals surface area contributed by atoms with Crippen molar-refractivity contribution in [3.63, 3.8) is 0 Å². The fourth-order valence-electron chi connectivity index (χ4n) is 4.08. The molecule has 0 radical (unpaired) electrons. The first-order chi connectivity index (χ1) is 14.6. The summed E-state index contributed by atoms with van der Waals surface area (Å²) >= 11 is 6.33. The monoisotopic (exact) mass is 426 g/mol. The Morgan fingerprint density at radius 2 is 1.87 bits per heavy atom. The normalized spacial score (nSPS) is 17.9. The third-order valence-corrected chi connectivity index (χ3v) is 6.09. The number of piperidine rings is 1. The molecule has 7 heteroatoms. The second-order valence-electron chi connectivity index (χ2n) is 7.94. The third-order valence-electron chi connectivity index (χ3n) is 5.80. The molecule has 6 nitrogen and oxygen atoms in total. The molecule has 1 aromatic heterocycles. The summed E-state index contributed by atoms with van der Waals surface area (Å²) in [6.07, 6.45) is 9.19. The maximum Gasteiger partial charge on any atom is 0.262 e. The largest absolute Gasteiger partial charge is 0.461 e. The van der Waals surface area contributed by atoms with Crippen molar-refractivity contribution < 1.29 is 9.53 Å². The molecule has 2 aliphatic rings. The number of halogens is 1. The number of unbranched alkanes of at least 4 members (excludes halogenated alkanes) is 1. The van der Waals surface area contributed by atoms with Crippen molar-refractivity contribution in [1.82, 2.24) is 19.8 Å². The van der Waals surface area contributed by atoms with Crippen LogP contribution < -0.4 is 4.74 Å². The lowest BCUT2D eigenvalue weighted by Gasteiger charge is -2.31. The molecular weight excluding hydrogens is 400 g/mol. The van der Waals surface area contributed by atoms with Crippen molar-refractivity contribution in [3.05, 3.63) is 65.0 Å². The van der Waals surface area contributed by atoms with Crippen LogP contribution in [-0.4, -0.2) is 51.9 Å². The highest BCUT2D eigenvalue weighted by Crippen LogP contribution is 2.29. The number of carbonyl (C=O) groups excluding carboxylic acids is 1. The van der Waals surface area contributed by atoms with Crippen LogP contribution in [0, 0.1) is 6.92 Å². The summed E-state index contributed by atoms with van der Waals surface area (Å²) in [5.74, 6) is 1.88. The maximum atomic E-state index is 13.0. The van der Waals surface area contributed by atoms with Gasteiger partial charge in [0.1, 0.15) is 23.0 Å². The molecule has 0 aliphatic carbocycles. The minimum Gasteiger partial charge on any atom is -0.461 e. The van der Waals surface area contributed by atoms with Crippen LogP contribution in [0.3, 0.4) is 0 Å². The smallest absolute Gasteiger partial charge is 0.262 e. The SMILES string of the molecule is Cc1ccc2c(c1)C(=O)N(CCCCN1CCC(c3ncccn3)CC1)C(Cl)=CO2. The Kier molecular flexibility index (Phi) is 6.65. The van der Waals surface area contributed by atoms with E-state index in [1.165, 1.54) is 6.26 Å². The lowest BCUT2D eigenvalue weighted by atomic mass is 9.96. The number of aromatic nitrogens is 2. The summed E-state index contributed by atoms with van der Waals surface area (Å²) in [6, 6.07) is 7.46. The summed E-state index contributed by atoms with van der Waals surface area (Å²) < 4.78 is 5.59. The molecule has 0 N–H and O–H groups in total. The molecule has 30 heavy (non-hydrogen) atoms. The summed E-state index contributed by atoms with van der Waals surface area (Å²) in [5.41, 5.74) is 1.58. The zero-order chi connectivity index (χ0) is 20.9. The first-order valence-corrected chi connectivity index (χ1v) is 10.9. The summed E-state index contributed by atoms with van der Waals surface area (Å²) in [5, 5.41) is 0.331. The average Bonchev–Trinajstić information content (AvgIpc) is 2.89. The number of carbonyl (C=O) groups is 1. The molecule has 2 aliphatic heterocycles. The number of hydrogen-bond acceptors (Lipinski definition) is 5. The molecule has 2 aromatic rings. The third kappa shape index (κ3) is 4.82. The van der Waals surface area contributed by atoms with E-state index in [2.05, 4.69) is 14.9 Å². The van der Waals surface area contributed by atoms with Crippen LogP contribution in [0.5, 0.6) is 5.75 Å². The van der Waals surface area contributed by atoms with Crippen molar-refractivity contribution in [2.75, 3.05) is 26.2 Å². The van der Waals surface area contributed by atoms with Gasteiger partial charge >= 0.3 is 0 Å². The molecular formula is C23H27ClN4O2. The van der Waals surface area contributed by atoms with Gasteiger partial charge in [-0.2, -0.15) is 0 Å². The second kappa shape index (κ2) is 9.58. The van der Waals surface area contributed by atoms with Gasteiger partial charge in [0.15, 0.2) is 0 Å². The van der Waals surface area contributed by atoms with E-state index in [9.17, 15) is 4.79 Å². The molecule has 0 bridgehead atoms. The number of hydrogen-bond donors (Lipinski definition) is 0. The molecule has 1 aromatic carbocycles. The zero-order valence-electron chi connectivity index (χ0n) is 17.3. The van der Waals surface area contributed by atoms with Gasteiger partial charge in [0.25, 0.3) is 5.91 Å². The van der Waals surface area contributed by atoms with Gasteiger partial charge in [-0.15, -0.1) is 0 Å². The lowest BCUT2D eigenvalue weighted by molar-refractivity contribution is 0.0814. The number of fused-ring (bicyclic) bond motifs is 1. The van der Waals surface area contributed by atoms with E-state index in [0.717, 1.165) is 56.7 Å². The Balaban J connectivity index is 1.25. The van der Waals surface area contributed by atoms with E-state index >= 15 is 0 Å². The number of ether oxygens (including phenoxy) is 1. The highest BCUT2D eigenvalue weighted by Gasteiger charge is 2.26. The van der Waals surface area contributed by atoms with Gasteiger partial charge in [-0.3, -0.25) is 9.69 Å². The molecule has 0 spiro atoms.